The van der Waals surface area contributed by atoms with Gasteiger partial charge in [-0.1, -0.05) is 6.07 Å². The molecule has 2 aromatic rings. The Kier molecular flexibility index (Phi) is 4.65. The number of rotatable bonds is 5. The Morgan fingerprint density at radius 3 is 2.82 bits per heavy atom. The highest BCUT2D eigenvalue weighted by atomic mass is 19.4. The van der Waals surface area contributed by atoms with Gasteiger partial charge in [-0.15, -0.1) is 10.2 Å². The Morgan fingerprint density at radius 2 is 2.14 bits per heavy atom. The smallest absolute Gasteiger partial charge is 0.346 e. The van der Waals surface area contributed by atoms with Crippen LogP contribution in [0.25, 0.3) is 5.65 Å². The van der Waals surface area contributed by atoms with Crippen LogP contribution < -0.4 is 5.32 Å². The Bertz CT molecular complexity index is 654. The van der Waals surface area contributed by atoms with Crippen molar-refractivity contribution in [1.82, 2.24) is 24.8 Å². The molecule has 2 aromatic heterocycles. The first-order valence-corrected chi connectivity index (χ1v) is 6.61. The summed E-state index contributed by atoms with van der Waals surface area (Å²) < 4.78 is 38.1. The molecule has 6 nitrogen and oxygen atoms in total. The van der Waals surface area contributed by atoms with Crippen LogP contribution in [0.4, 0.5) is 13.2 Å². The average molecular weight is 315 g/mol. The maximum Gasteiger partial charge on any atom is 0.405 e. The molecule has 0 fully saturated rings. The second-order valence-corrected chi connectivity index (χ2v) is 4.97. The second kappa shape index (κ2) is 6.30. The molecule has 0 unspecified atom stereocenters. The molecule has 0 bridgehead atoms. The number of hydrogen-bond donors (Lipinski definition) is 1. The molecule has 22 heavy (non-hydrogen) atoms. The summed E-state index contributed by atoms with van der Waals surface area (Å²) in [6.07, 6.45) is -2.63. The van der Waals surface area contributed by atoms with Crippen LogP contribution in [0.3, 0.4) is 0 Å². The van der Waals surface area contributed by atoms with E-state index in [1.54, 1.807) is 28.6 Å². The van der Waals surface area contributed by atoms with Crippen molar-refractivity contribution in [2.75, 3.05) is 13.6 Å². The first kappa shape index (κ1) is 16.2. The number of nitrogens with zero attached hydrogens (tertiary/aromatic N) is 4. The van der Waals surface area contributed by atoms with Crippen molar-refractivity contribution in [3.8, 4) is 0 Å². The van der Waals surface area contributed by atoms with Crippen molar-refractivity contribution in [3.05, 3.63) is 30.2 Å². The molecule has 0 aliphatic rings. The first-order chi connectivity index (χ1) is 10.3. The molecule has 0 aromatic carbocycles. The lowest BCUT2D eigenvalue weighted by molar-refractivity contribution is -0.141. The minimum absolute atomic E-state index is 0.284. The third kappa shape index (κ3) is 3.94. The zero-order chi connectivity index (χ0) is 16.3. The summed E-state index contributed by atoms with van der Waals surface area (Å²) in [5.41, 5.74) is 0.667. The average Bonchev–Trinajstić information content (AvgIpc) is 2.86. The highest BCUT2D eigenvalue weighted by Gasteiger charge is 2.29. The summed E-state index contributed by atoms with van der Waals surface area (Å²) >= 11 is 0. The minimum atomic E-state index is -4.42. The number of halogens is 3. The van der Waals surface area contributed by atoms with Crippen molar-refractivity contribution in [2.45, 2.75) is 25.7 Å². The van der Waals surface area contributed by atoms with Crippen molar-refractivity contribution in [1.29, 1.82) is 0 Å². The standard InChI is InChI=1S/C13H16F3N5O/c1-9(12(22)17-8-13(14,15)16)20(2)7-11-19-18-10-5-3-4-6-21(10)11/h3-6,9H,7-8H2,1-2H3,(H,17,22)/t9-/m1/s1. The number of fused-ring (bicyclic) bond motifs is 1. The third-order valence-corrected chi connectivity index (χ3v) is 3.28. The van der Waals surface area contributed by atoms with Gasteiger partial charge in [-0.05, 0) is 26.1 Å². The van der Waals surface area contributed by atoms with E-state index < -0.39 is 24.7 Å². The molecular weight excluding hydrogens is 299 g/mol. The van der Waals surface area contributed by atoms with Gasteiger partial charge in [0.1, 0.15) is 6.54 Å². The van der Waals surface area contributed by atoms with Gasteiger partial charge in [-0.2, -0.15) is 13.2 Å². The normalized spacial score (nSPS) is 13.5. The van der Waals surface area contributed by atoms with Crippen LogP contribution in [0.15, 0.2) is 24.4 Å². The van der Waals surface area contributed by atoms with E-state index in [4.69, 9.17) is 0 Å². The van der Waals surface area contributed by atoms with Crippen molar-refractivity contribution >= 4 is 11.6 Å². The lowest BCUT2D eigenvalue weighted by Gasteiger charge is -2.23. The summed E-state index contributed by atoms with van der Waals surface area (Å²) in [4.78, 5) is 13.3. The SMILES string of the molecule is C[C@H](C(=O)NCC(F)(F)F)N(C)Cc1nnc2ccccn12. The summed E-state index contributed by atoms with van der Waals surface area (Å²) in [6.45, 7) is 0.485. The molecule has 0 spiro atoms. The van der Waals surface area contributed by atoms with Gasteiger partial charge in [0, 0.05) is 6.20 Å². The number of hydrogen-bond acceptors (Lipinski definition) is 4. The van der Waals surface area contributed by atoms with Gasteiger partial charge in [-0.3, -0.25) is 14.1 Å². The number of alkyl halides is 3. The number of aromatic nitrogens is 3. The van der Waals surface area contributed by atoms with E-state index in [0.717, 1.165) is 0 Å². The zero-order valence-electron chi connectivity index (χ0n) is 12.1. The molecule has 0 radical (unpaired) electrons. The Labute approximate surface area is 124 Å². The summed E-state index contributed by atoms with van der Waals surface area (Å²) in [5.74, 6) is -0.0813. The van der Waals surface area contributed by atoms with Gasteiger partial charge in [0.2, 0.25) is 5.91 Å². The molecule has 0 aliphatic carbocycles. The topological polar surface area (TPSA) is 62.5 Å². The Hall–Kier alpha value is -2.16. The highest BCUT2D eigenvalue weighted by molar-refractivity contribution is 5.81. The fraction of sp³-hybridized carbons (Fsp3) is 0.462. The van der Waals surface area contributed by atoms with E-state index in [2.05, 4.69) is 10.2 Å². The number of pyridine rings is 1. The molecule has 0 aliphatic heterocycles. The molecule has 2 heterocycles. The Morgan fingerprint density at radius 1 is 1.41 bits per heavy atom. The number of carbonyl (C=O) groups is 1. The molecule has 9 heteroatoms. The van der Waals surface area contributed by atoms with Gasteiger partial charge in [0.25, 0.3) is 0 Å². The predicted octanol–water partition coefficient (Wildman–Crippen LogP) is 1.23. The van der Waals surface area contributed by atoms with Crippen LogP contribution in [-0.4, -0.2) is 51.2 Å². The number of likely N-dealkylation sites (N-methyl/N-ethyl adjacent to an activating group) is 1. The molecule has 0 saturated carbocycles. The molecule has 120 valence electrons. The fourth-order valence-corrected chi connectivity index (χ4v) is 1.89. The van der Waals surface area contributed by atoms with E-state index in [1.165, 1.54) is 6.92 Å². The molecule has 0 saturated heterocycles. The van der Waals surface area contributed by atoms with E-state index in [-0.39, 0.29) is 6.54 Å². The van der Waals surface area contributed by atoms with Crippen LogP contribution in [0.5, 0.6) is 0 Å². The maximum absolute atomic E-state index is 12.1. The van der Waals surface area contributed by atoms with E-state index in [1.807, 2.05) is 17.4 Å². The van der Waals surface area contributed by atoms with Crippen LogP contribution in [-0.2, 0) is 11.3 Å². The highest BCUT2D eigenvalue weighted by Crippen LogP contribution is 2.13. The lowest BCUT2D eigenvalue weighted by atomic mass is 10.2. The van der Waals surface area contributed by atoms with E-state index >= 15 is 0 Å². The minimum Gasteiger partial charge on any atom is -0.346 e. The molecule has 2 rings (SSSR count). The van der Waals surface area contributed by atoms with Crippen LogP contribution in [0.2, 0.25) is 0 Å². The van der Waals surface area contributed by atoms with Gasteiger partial charge < -0.3 is 5.32 Å². The summed E-state index contributed by atoms with van der Waals surface area (Å²) in [5, 5.41) is 9.87. The van der Waals surface area contributed by atoms with Crippen LogP contribution in [0, 0.1) is 0 Å². The third-order valence-electron chi connectivity index (χ3n) is 3.28. The fourth-order valence-electron chi connectivity index (χ4n) is 1.89. The maximum atomic E-state index is 12.1. The number of amides is 1. The number of nitrogens with one attached hydrogen (secondary N) is 1. The quantitative estimate of drug-likeness (QED) is 0.901. The van der Waals surface area contributed by atoms with Gasteiger partial charge in [0.15, 0.2) is 11.5 Å². The van der Waals surface area contributed by atoms with Crippen molar-refractivity contribution in [2.24, 2.45) is 0 Å². The van der Waals surface area contributed by atoms with Gasteiger partial charge in [0.05, 0.1) is 12.6 Å². The second-order valence-electron chi connectivity index (χ2n) is 4.97. The predicted molar refractivity (Wildman–Crippen MR) is 73.0 cm³/mol. The van der Waals surface area contributed by atoms with Crippen molar-refractivity contribution in [3.63, 3.8) is 0 Å². The largest absolute Gasteiger partial charge is 0.405 e. The van der Waals surface area contributed by atoms with E-state index in [9.17, 15) is 18.0 Å². The summed E-state index contributed by atoms with van der Waals surface area (Å²) in [6, 6.07) is 4.71. The van der Waals surface area contributed by atoms with Crippen LogP contribution >= 0.6 is 0 Å². The van der Waals surface area contributed by atoms with Crippen LogP contribution in [0.1, 0.15) is 12.7 Å². The zero-order valence-corrected chi connectivity index (χ0v) is 12.1. The Balaban J connectivity index is 1.99. The van der Waals surface area contributed by atoms with Crippen molar-refractivity contribution < 1.29 is 18.0 Å². The summed E-state index contributed by atoms with van der Waals surface area (Å²) in [7, 11) is 1.64. The molecule has 1 N–H and O–H groups in total. The van der Waals surface area contributed by atoms with Gasteiger partial charge in [-0.25, -0.2) is 0 Å². The molecular formula is C13H16F3N5O. The van der Waals surface area contributed by atoms with E-state index in [0.29, 0.717) is 11.5 Å². The monoisotopic (exact) mass is 315 g/mol. The number of carbonyl (C=O) groups excluding carboxylic acids is 1. The molecule has 1 amide bonds. The van der Waals surface area contributed by atoms with Gasteiger partial charge >= 0.3 is 6.18 Å². The molecule has 1 atom stereocenters. The lowest BCUT2D eigenvalue weighted by Crippen LogP contribution is -2.45. The first-order valence-electron chi connectivity index (χ1n) is 6.61.